The SMILES string of the molecule is CCOC(=O)NC(C)c1ccccc1N. The maximum absolute atomic E-state index is 11.2. The number of anilines is 1. The molecule has 0 aliphatic rings. The minimum absolute atomic E-state index is 0.148. The van der Waals surface area contributed by atoms with Gasteiger partial charge in [0.25, 0.3) is 0 Å². The molecule has 0 aliphatic carbocycles. The molecule has 0 aliphatic heterocycles. The van der Waals surface area contributed by atoms with E-state index in [-0.39, 0.29) is 6.04 Å². The Labute approximate surface area is 89.4 Å². The Kier molecular flexibility index (Phi) is 3.97. The van der Waals surface area contributed by atoms with Crippen LogP contribution in [0.15, 0.2) is 24.3 Å². The summed E-state index contributed by atoms with van der Waals surface area (Å²) in [5, 5.41) is 2.70. The Hall–Kier alpha value is -1.71. The molecule has 1 amide bonds. The highest BCUT2D eigenvalue weighted by molar-refractivity contribution is 5.68. The lowest BCUT2D eigenvalue weighted by Crippen LogP contribution is -2.27. The monoisotopic (exact) mass is 208 g/mol. The smallest absolute Gasteiger partial charge is 0.407 e. The van der Waals surface area contributed by atoms with Crippen LogP contribution in [0.1, 0.15) is 25.5 Å². The van der Waals surface area contributed by atoms with Gasteiger partial charge < -0.3 is 15.8 Å². The van der Waals surface area contributed by atoms with E-state index < -0.39 is 6.09 Å². The molecule has 1 unspecified atom stereocenters. The quantitative estimate of drug-likeness (QED) is 0.747. The molecule has 0 bridgehead atoms. The number of hydrogen-bond donors (Lipinski definition) is 2. The number of alkyl carbamates (subject to hydrolysis) is 1. The van der Waals surface area contributed by atoms with Gasteiger partial charge in [0.15, 0.2) is 0 Å². The minimum Gasteiger partial charge on any atom is -0.450 e. The first kappa shape index (κ1) is 11.4. The van der Waals surface area contributed by atoms with E-state index in [9.17, 15) is 4.79 Å². The molecule has 0 fully saturated rings. The van der Waals surface area contributed by atoms with Gasteiger partial charge in [-0.2, -0.15) is 0 Å². The number of hydrogen-bond acceptors (Lipinski definition) is 3. The van der Waals surface area contributed by atoms with Crippen LogP contribution in [0.25, 0.3) is 0 Å². The number of benzene rings is 1. The molecule has 15 heavy (non-hydrogen) atoms. The van der Waals surface area contributed by atoms with Gasteiger partial charge in [0.05, 0.1) is 12.6 Å². The lowest BCUT2D eigenvalue weighted by atomic mass is 10.1. The Bertz CT molecular complexity index is 339. The van der Waals surface area contributed by atoms with Crippen LogP contribution in [0.5, 0.6) is 0 Å². The van der Waals surface area contributed by atoms with Crippen LogP contribution in [0.3, 0.4) is 0 Å². The lowest BCUT2D eigenvalue weighted by Gasteiger charge is -2.15. The lowest BCUT2D eigenvalue weighted by molar-refractivity contribution is 0.149. The van der Waals surface area contributed by atoms with Crippen LogP contribution in [0.4, 0.5) is 10.5 Å². The fourth-order valence-corrected chi connectivity index (χ4v) is 1.33. The number of nitrogens with two attached hydrogens (primary N) is 1. The van der Waals surface area contributed by atoms with Gasteiger partial charge in [0.1, 0.15) is 0 Å². The van der Waals surface area contributed by atoms with Gasteiger partial charge >= 0.3 is 6.09 Å². The zero-order valence-corrected chi connectivity index (χ0v) is 8.99. The second kappa shape index (κ2) is 5.24. The first-order chi connectivity index (χ1) is 7.15. The van der Waals surface area contributed by atoms with Crippen LogP contribution in [0, 0.1) is 0 Å². The topological polar surface area (TPSA) is 64.3 Å². The Morgan fingerprint density at radius 3 is 2.80 bits per heavy atom. The van der Waals surface area contributed by atoms with Crippen molar-refractivity contribution in [2.75, 3.05) is 12.3 Å². The number of nitrogen functional groups attached to an aromatic ring is 1. The molecule has 0 aromatic heterocycles. The number of ether oxygens (including phenoxy) is 1. The van der Waals surface area contributed by atoms with E-state index in [1.165, 1.54) is 0 Å². The highest BCUT2D eigenvalue weighted by Crippen LogP contribution is 2.19. The molecular formula is C11H16N2O2. The van der Waals surface area contributed by atoms with Crippen molar-refractivity contribution in [3.63, 3.8) is 0 Å². The molecule has 1 atom stereocenters. The summed E-state index contributed by atoms with van der Waals surface area (Å²) in [7, 11) is 0. The zero-order chi connectivity index (χ0) is 11.3. The van der Waals surface area contributed by atoms with Gasteiger partial charge in [-0.05, 0) is 25.5 Å². The molecule has 0 heterocycles. The third kappa shape index (κ3) is 3.16. The fraction of sp³-hybridized carbons (Fsp3) is 0.364. The minimum atomic E-state index is -0.423. The van der Waals surface area contributed by atoms with Gasteiger partial charge in [0.2, 0.25) is 0 Å². The van der Waals surface area contributed by atoms with E-state index in [4.69, 9.17) is 10.5 Å². The van der Waals surface area contributed by atoms with Crippen molar-refractivity contribution in [1.29, 1.82) is 0 Å². The summed E-state index contributed by atoms with van der Waals surface area (Å²) in [6, 6.07) is 7.28. The summed E-state index contributed by atoms with van der Waals surface area (Å²) >= 11 is 0. The van der Waals surface area contributed by atoms with Crippen molar-refractivity contribution in [3.8, 4) is 0 Å². The van der Waals surface area contributed by atoms with E-state index in [1.54, 1.807) is 13.0 Å². The average molecular weight is 208 g/mol. The Balaban J connectivity index is 2.65. The summed E-state index contributed by atoms with van der Waals surface area (Å²) in [5.41, 5.74) is 7.34. The summed E-state index contributed by atoms with van der Waals surface area (Å²) in [6.45, 7) is 3.99. The third-order valence-corrected chi connectivity index (χ3v) is 2.07. The molecule has 1 aromatic rings. The van der Waals surface area contributed by atoms with E-state index in [1.807, 2.05) is 25.1 Å². The second-order valence-electron chi connectivity index (χ2n) is 3.22. The summed E-state index contributed by atoms with van der Waals surface area (Å²) in [4.78, 5) is 11.2. The third-order valence-electron chi connectivity index (χ3n) is 2.07. The number of carbonyl (C=O) groups is 1. The average Bonchev–Trinajstić information content (AvgIpc) is 2.18. The highest BCUT2D eigenvalue weighted by Gasteiger charge is 2.11. The fourth-order valence-electron chi connectivity index (χ4n) is 1.33. The van der Waals surface area contributed by atoms with Crippen LogP contribution in [-0.4, -0.2) is 12.7 Å². The highest BCUT2D eigenvalue weighted by atomic mass is 16.5. The zero-order valence-electron chi connectivity index (χ0n) is 8.99. The normalized spacial score (nSPS) is 11.9. The molecule has 0 saturated heterocycles. The molecule has 1 aromatic carbocycles. The predicted molar refractivity (Wildman–Crippen MR) is 59.4 cm³/mol. The van der Waals surface area contributed by atoms with Crippen molar-refractivity contribution in [1.82, 2.24) is 5.32 Å². The van der Waals surface area contributed by atoms with Crippen molar-refractivity contribution in [2.24, 2.45) is 0 Å². The molecule has 0 saturated carbocycles. The van der Waals surface area contributed by atoms with Crippen LogP contribution >= 0.6 is 0 Å². The number of rotatable bonds is 3. The van der Waals surface area contributed by atoms with E-state index in [0.717, 1.165) is 5.56 Å². The number of amides is 1. The van der Waals surface area contributed by atoms with Crippen molar-refractivity contribution < 1.29 is 9.53 Å². The largest absolute Gasteiger partial charge is 0.450 e. The van der Waals surface area contributed by atoms with Crippen LogP contribution < -0.4 is 11.1 Å². The molecule has 0 radical (unpaired) electrons. The Morgan fingerprint density at radius 2 is 2.20 bits per heavy atom. The van der Waals surface area contributed by atoms with Gasteiger partial charge in [-0.15, -0.1) is 0 Å². The Morgan fingerprint density at radius 1 is 1.53 bits per heavy atom. The first-order valence-corrected chi connectivity index (χ1v) is 4.92. The van der Waals surface area contributed by atoms with Gasteiger partial charge in [-0.3, -0.25) is 0 Å². The second-order valence-corrected chi connectivity index (χ2v) is 3.22. The van der Waals surface area contributed by atoms with Crippen molar-refractivity contribution >= 4 is 11.8 Å². The summed E-state index contributed by atoms with van der Waals surface area (Å²) in [6.07, 6.45) is -0.423. The van der Waals surface area contributed by atoms with Crippen molar-refractivity contribution in [3.05, 3.63) is 29.8 Å². The number of nitrogens with one attached hydrogen (secondary N) is 1. The standard InChI is InChI=1S/C11H16N2O2/c1-3-15-11(14)13-8(2)9-6-4-5-7-10(9)12/h4-8H,3,12H2,1-2H3,(H,13,14). The molecule has 4 heteroatoms. The molecular weight excluding hydrogens is 192 g/mol. The van der Waals surface area contributed by atoms with Gasteiger partial charge in [-0.1, -0.05) is 18.2 Å². The predicted octanol–water partition coefficient (Wildman–Crippen LogP) is 2.08. The van der Waals surface area contributed by atoms with E-state index in [2.05, 4.69) is 5.32 Å². The van der Waals surface area contributed by atoms with E-state index >= 15 is 0 Å². The van der Waals surface area contributed by atoms with Gasteiger partial charge in [-0.25, -0.2) is 4.79 Å². The van der Waals surface area contributed by atoms with E-state index in [0.29, 0.717) is 12.3 Å². The molecule has 0 spiro atoms. The molecule has 4 nitrogen and oxygen atoms in total. The first-order valence-electron chi connectivity index (χ1n) is 4.92. The summed E-state index contributed by atoms with van der Waals surface area (Å²) in [5.74, 6) is 0. The summed E-state index contributed by atoms with van der Waals surface area (Å²) < 4.78 is 4.78. The van der Waals surface area contributed by atoms with Crippen LogP contribution in [0.2, 0.25) is 0 Å². The van der Waals surface area contributed by atoms with Crippen LogP contribution in [-0.2, 0) is 4.74 Å². The van der Waals surface area contributed by atoms with Gasteiger partial charge in [0, 0.05) is 5.69 Å². The molecule has 1 rings (SSSR count). The maximum atomic E-state index is 11.2. The molecule has 3 N–H and O–H groups in total. The number of para-hydroxylation sites is 1. The molecule has 82 valence electrons. The number of carbonyl (C=O) groups excluding carboxylic acids is 1. The maximum Gasteiger partial charge on any atom is 0.407 e. The van der Waals surface area contributed by atoms with Crippen molar-refractivity contribution in [2.45, 2.75) is 19.9 Å².